The van der Waals surface area contributed by atoms with E-state index in [1.54, 1.807) is 12.1 Å². The number of nitrogens with zero attached hydrogens (tertiary/aromatic N) is 2. The monoisotopic (exact) mass is 262 g/mol. The number of imidazole rings is 1. The summed E-state index contributed by atoms with van der Waals surface area (Å²) in [6.07, 6.45) is 0.619. The minimum absolute atomic E-state index is 0.432. The molecule has 0 radical (unpaired) electrons. The maximum atomic E-state index is 12.0. The number of aromatic nitrogens is 2. The van der Waals surface area contributed by atoms with E-state index in [4.69, 9.17) is 9.47 Å². The van der Waals surface area contributed by atoms with Crippen LogP contribution in [-0.2, 0) is 9.47 Å². The Hall–Kier alpha value is -1.92. The van der Waals surface area contributed by atoms with Crippen LogP contribution in [0.4, 0.5) is 4.79 Å². The fourth-order valence-electron chi connectivity index (χ4n) is 2.17. The van der Waals surface area contributed by atoms with Crippen LogP contribution in [0.5, 0.6) is 0 Å². The summed E-state index contributed by atoms with van der Waals surface area (Å²) in [6.45, 7) is 0.591. The molecule has 2 atom stereocenters. The molecule has 1 aromatic heterocycles. The molecule has 0 saturated carbocycles. The number of carbonyl (C=O) groups excluding carboxylic acids is 1. The number of benzene rings is 1. The van der Waals surface area contributed by atoms with Gasteiger partial charge in [0.15, 0.2) is 0 Å². The number of aliphatic hydroxyl groups is 1. The Morgan fingerprint density at radius 3 is 3.16 bits per heavy atom. The predicted octanol–water partition coefficient (Wildman–Crippen LogP) is 1.52. The second-order valence-electron chi connectivity index (χ2n) is 4.43. The van der Waals surface area contributed by atoms with Crippen LogP contribution in [0.15, 0.2) is 30.6 Å². The van der Waals surface area contributed by atoms with E-state index in [0.29, 0.717) is 24.1 Å². The first-order valence-electron chi connectivity index (χ1n) is 6.18. The second-order valence-corrected chi connectivity index (χ2v) is 4.43. The summed E-state index contributed by atoms with van der Waals surface area (Å²) in [4.78, 5) is 16.1. The van der Waals surface area contributed by atoms with Crippen molar-refractivity contribution in [3.8, 4) is 0 Å². The highest BCUT2D eigenvalue weighted by atomic mass is 16.7. The van der Waals surface area contributed by atoms with Crippen LogP contribution in [0.1, 0.15) is 12.8 Å². The number of rotatable bonds is 2. The lowest BCUT2D eigenvalue weighted by atomic mass is 10.2. The van der Waals surface area contributed by atoms with Gasteiger partial charge in [-0.15, -0.1) is 0 Å². The number of hydrogen-bond acceptors (Lipinski definition) is 5. The van der Waals surface area contributed by atoms with Crippen molar-refractivity contribution in [2.24, 2.45) is 0 Å². The molecule has 1 aliphatic rings. The zero-order valence-electron chi connectivity index (χ0n) is 10.2. The van der Waals surface area contributed by atoms with Gasteiger partial charge in [0.05, 0.1) is 11.0 Å². The Morgan fingerprint density at radius 1 is 1.53 bits per heavy atom. The van der Waals surface area contributed by atoms with E-state index in [1.807, 2.05) is 12.1 Å². The van der Waals surface area contributed by atoms with Gasteiger partial charge in [0, 0.05) is 6.61 Å². The lowest BCUT2D eigenvalue weighted by Crippen LogP contribution is -2.32. The molecule has 100 valence electrons. The predicted molar refractivity (Wildman–Crippen MR) is 66.6 cm³/mol. The summed E-state index contributed by atoms with van der Waals surface area (Å²) in [5.41, 5.74) is 1.35. The smallest absolute Gasteiger partial charge is 0.416 e. The van der Waals surface area contributed by atoms with Crippen molar-refractivity contribution >= 4 is 17.1 Å². The molecule has 19 heavy (non-hydrogen) atoms. The van der Waals surface area contributed by atoms with Gasteiger partial charge in [0.1, 0.15) is 12.4 Å². The van der Waals surface area contributed by atoms with Gasteiger partial charge in [-0.25, -0.2) is 14.3 Å². The molecule has 1 aliphatic heterocycles. The van der Waals surface area contributed by atoms with Crippen LogP contribution in [0.3, 0.4) is 0 Å². The van der Waals surface area contributed by atoms with Gasteiger partial charge in [-0.2, -0.15) is 0 Å². The summed E-state index contributed by atoms with van der Waals surface area (Å²) in [6, 6.07) is 7.22. The first kappa shape index (κ1) is 12.1. The largest absolute Gasteiger partial charge is 0.422 e. The number of hydrogen-bond donors (Lipinski definition) is 1. The van der Waals surface area contributed by atoms with E-state index in [1.165, 1.54) is 10.9 Å². The number of carbonyl (C=O) groups is 1. The van der Waals surface area contributed by atoms with E-state index < -0.39 is 18.5 Å². The second kappa shape index (κ2) is 4.99. The zero-order valence-corrected chi connectivity index (χ0v) is 10.2. The highest BCUT2D eigenvalue weighted by molar-refractivity contribution is 5.86. The summed E-state index contributed by atoms with van der Waals surface area (Å²) in [5, 5.41) is 9.79. The van der Waals surface area contributed by atoms with Crippen LogP contribution < -0.4 is 0 Å². The van der Waals surface area contributed by atoms with Crippen LogP contribution in [0.25, 0.3) is 11.0 Å². The average molecular weight is 262 g/mol. The molecule has 0 aliphatic carbocycles. The summed E-state index contributed by atoms with van der Waals surface area (Å²) in [5.74, 6) is 0. The van der Waals surface area contributed by atoms with Crippen molar-refractivity contribution in [2.45, 2.75) is 25.2 Å². The molecule has 1 saturated heterocycles. The number of para-hydroxylation sites is 2. The zero-order chi connectivity index (χ0) is 13.2. The van der Waals surface area contributed by atoms with Gasteiger partial charge in [-0.3, -0.25) is 0 Å². The molecule has 1 N–H and O–H groups in total. The van der Waals surface area contributed by atoms with E-state index in [9.17, 15) is 9.90 Å². The molecule has 6 heteroatoms. The van der Waals surface area contributed by atoms with Crippen LogP contribution in [-0.4, -0.2) is 39.8 Å². The topological polar surface area (TPSA) is 73.6 Å². The maximum Gasteiger partial charge on any atom is 0.422 e. The van der Waals surface area contributed by atoms with E-state index in [-0.39, 0.29) is 0 Å². The maximum absolute atomic E-state index is 12.0. The molecule has 6 nitrogen and oxygen atoms in total. The van der Waals surface area contributed by atoms with Gasteiger partial charge in [0.25, 0.3) is 0 Å². The molecular weight excluding hydrogens is 248 g/mol. The molecular formula is C13H14N2O4. The van der Waals surface area contributed by atoms with E-state index in [0.717, 1.165) is 6.42 Å². The summed E-state index contributed by atoms with van der Waals surface area (Å²) in [7, 11) is 0. The van der Waals surface area contributed by atoms with Gasteiger partial charge in [0.2, 0.25) is 6.29 Å². The molecule has 2 aromatic rings. The lowest BCUT2D eigenvalue weighted by molar-refractivity contribution is -0.129. The van der Waals surface area contributed by atoms with Gasteiger partial charge in [-0.05, 0) is 25.0 Å². The molecule has 2 heterocycles. The summed E-state index contributed by atoms with van der Waals surface area (Å²) < 4.78 is 11.5. The Bertz CT molecular complexity index is 589. The number of aliphatic hydroxyl groups excluding tert-OH is 1. The normalized spacial score (nSPS) is 20.6. The first-order valence-corrected chi connectivity index (χ1v) is 6.18. The van der Waals surface area contributed by atoms with Gasteiger partial charge < -0.3 is 14.6 Å². The number of fused-ring (bicyclic) bond motifs is 1. The van der Waals surface area contributed by atoms with Gasteiger partial charge in [-0.1, -0.05) is 12.1 Å². The standard InChI is InChI=1S/C13H14N2O4/c16-12(11-6-3-7-18-11)19-13(17)15-8-14-9-4-1-2-5-10(9)15/h1-2,4-5,8,11-12,16H,3,6-7H2. The lowest BCUT2D eigenvalue weighted by Gasteiger charge is -2.17. The molecule has 1 aromatic carbocycles. The fourth-order valence-corrected chi connectivity index (χ4v) is 2.17. The van der Waals surface area contributed by atoms with E-state index in [2.05, 4.69) is 4.98 Å². The van der Waals surface area contributed by atoms with Gasteiger partial charge >= 0.3 is 6.09 Å². The Kier molecular flexibility index (Phi) is 3.18. The summed E-state index contributed by atoms with van der Waals surface area (Å²) >= 11 is 0. The van der Waals surface area contributed by atoms with Crippen LogP contribution in [0.2, 0.25) is 0 Å². The molecule has 0 bridgehead atoms. The minimum Gasteiger partial charge on any atom is -0.416 e. The molecule has 0 spiro atoms. The van der Waals surface area contributed by atoms with Crippen molar-refractivity contribution < 1.29 is 19.4 Å². The van der Waals surface area contributed by atoms with Crippen molar-refractivity contribution in [3.63, 3.8) is 0 Å². The Labute approximate surface area is 109 Å². The molecule has 0 amide bonds. The molecule has 3 rings (SSSR count). The van der Waals surface area contributed by atoms with Crippen LogP contribution in [0, 0.1) is 0 Å². The highest BCUT2D eigenvalue weighted by Crippen LogP contribution is 2.18. The van der Waals surface area contributed by atoms with Crippen molar-refractivity contribution in [3.05, 3.63) is 30.6 Å². The quantitative estimate of drug-likeness (QED) is 0.830. The van der Waals surface area contributed by atoms with Crippen molar-refractivity contribution in [1.82, 2.24) is 9.55 Å². The highest BCUT2D eigenvalue weighted by Gasteiger charge is 2.28. The fraction of sp³-hybridized carbons (Fsp3) is 0.385. The third kappa shape index (κ3) is 2.32. The third-order valence-corrected chi connectivity index (χ3v) is 3.15. The van der Waals surface area contributed by atoms with E-state index >= 15 is 0 Å². The van der Waals surface area contributed by atoms with Crippen LogP contribution >= 0.6 is 0 Å². The first-order chi connectivity index (χ1) is 9.25. The minimum atomic E-state index is -1.24. The number of ether oxygens (including phenoxy) is 2. The Balaban J connectivity index is 1.76. The Morgan fingerprint density at radius 2 is 2.37 bits per heavy atom. The average Bonchev–Trinajstić information content (AvgIpc) is 3.08. The SMILES string of the molecule is O=C(OC(O)C1CCCO1)n1cnc2ccccc21. The van der Waals surface area contributed by atoms with Crippen molar-refractivity contribution in [2.75, 3.05) is 6.61 Å². The van der Waals surface area contributed by atoms with Crippen molar-refractivity contribution in [1.29, 1.82) is 0 Å². The third-order valence-electron chi connectivity index (χ3n) is 3.15. The molecule has 1 fully saturated rings. The molecule has 2 unspecified atom stereocenters.